The Balaban J connectivity index is 1.88. The molecule has 1 heterocycles. The smallest absolute Gasteiger partial charge is 0.340 e. The molecule has 0 fully saturated rings. The maximum atomic E-state index is 13.7. The van der Waals surface area contributed by atoms with Gasteiger partial charge in [0.15, 0.2) is 17.1 Å². The second-order valence-electron chi connectivity index (χ2n) is 11.7. The zero-order valence-corrected chi connectivity index (χ0v) is 33.9. The van der Waals surface area contributed by atoms with Gasteiger partial charge >= 0.3 is 15.3 Å². The van der Waals surface area contributed by atoms with Gasteiger partial charge in [0, 0.05) is 74.2 Å². The molecule has 288 valence electrons. The van der Waals surface area contributed by atoms with Gasteiger partial charge in [0.1, 0.15) is 5.75 Å². The second kappa shape index (κ2) is 19.8. The van der Waals surface area contributed by atoms with Crippen LogP contribution in [0.15, 0.2) is 72.8 Å². The number of alkyl halides is 4. The minimum absolute atomic E-state index is 0.0366. The first-order valence-corrected chi connectivity index (χ1v) is 22.0. The molecule has 1 aliphatic heterocycles. The first kappa shape index (κ1) is 43.1. The Morgan fingerprint density at radius 1 is 0.692 bits per heavy atom. The molecule has 52 heavy (non-hydrogen) atoms. The fraction of sp³-hybridized carbons (Fsp3) is 0.471. The molecule has 12 nitrogen and oxygen atoms in total. The minimum Gasteiger partial charge on any atom is -0.497 e. The Kier molecular flexibility index (Phi) is 16.4. The van der Waals surface area contributed by atoms with Gasteiger partial charge in [0.2, 0.25) is 5.79 Å². The average molecular weight is 843 g/mol. The van der Waals surface area contributed by atoms with E-state index in [4.69, 9.17) is 85.4 Å². The molecule has 3 aromatic carbocycles. The first-order chi connectivity index (χ1) is 25.0. The van der Waals surface area contributed by atoms with Crippen molar-refractivity contribution in [2.75, 3.05) is 77.1 Å². The van der Waals surface area contributed by atoms with Crippen LogP contribution in [0, 0.1) is 0 Å². The fourth-order valence-corrected chi connectivity index (χ4v) is 9.86. The fourth-order valence-electron chi connectivity index (χ4n) is 6.02. The third-order valence-corrected chi connectivity index (χ3v) is 12.7. The van der Waals surface area contributed by atoms with Crippen molar-refractivity contribution in [3.63, 3.8) is 0 Å². The Morgan fingerprint density at radius 2 is 1.13 bits per heavy atom. The summed E-state index contributed by atoms with van der Waals surface area (Å²) in [7, 11) is -4.66. The molecule has 0 spiro atoms. The highest BCUT2D eigenvalue weighted by molar-refractivity contribution is 7.54. The van der Waals surface area contributed by atoms with E-state index in [-0.39, 0.29) is 75.8 Å². The van der Waals surface area contributed by atoms with Gasteiger partial charge in [-0.1, -0.05) is 60.7 Å². The molecule has 4 N–H and O–H groups in total. The monoisotopic (exact) mass is 840 g/mol. The summed E-state index contributed by atoms with van der Waals surface area (Å²) in [6, 6.07) is 22.8. The van der Waals surface area contributed by atoms with E-state index in [0.717, 1.165) is 11.1 Å². The van der Waals surface area contributed by atoms with Crippen molar-refractivity contribution in [2.24, 2.45) is 11.0 Å². The van der Waals surface area contributed by atoms with E-state index in [2.05, 4.69) is 0 Å². The molecule has 1 aliphatic rings. The summed E-state index contributed by atoms with van der Waals surface area (Å²) < 4.78 is 67.7. The van der Waals surface area contributed by atoms with E-state index in [0.29, 0.717) is 22.8 Å². The van der Waals surface area contributed by atoms with Crippen LogP contribution in [0.2, 0.25) is 0 Å². The Labute approximate surface area is 325 Å². The maximum absolute atomic E-state index is 13.7. The zero-order valence-electron chi connectivity index (χ0n) is 29.1. The molecule has 2 unspecified atom stereocenters. The highest BCUT2D eigenvalue weighted by atomic mass is 35.5. The van der Waals surface area contributed by atoms with E-state index in [1.165, 1.54) is 16.5 Å². The van der Waals surface area contributed by atoms with Crippen LogP contribution in [-0.2, 0) is 28.5 Å². The molecule has 4 rings (SSSR count). The summed E-state index contributed by atoms with van der Waals surface area (Å²) in [6.07, 6.45) is -0.0732. The topological polar surface area (TPSA) is 148 Å². The van der Waals surface area contributed by atoms with E-state index in [1.807, 2.05) is 66.7 Å². The third-order valence-electron chi connectivity index (χ3n) is 8.53. The second-order valence-corrected chi connectivity index (χ2v) is 17.1. The predicted molar refractivity (Wildman–Crippen MR) is 208 cm³/mol. The van der Waals surface area contributed by atoms with Crippen molar-refractivity contribution >= 4 is 61.7 Å². The number of benzene rings is 3. The normalized spacial score (nSPS) is 19.0. The van der Waals surface area contributed by atoms with E-state index in [1.54, 1.807) is 13.2 Å². The number of nitrogens with two attached hydrogens (primary N) is 2. The lowest BCUT2D eigenvalue weighted by Gasteiger charge is -2.50. The van der Waals surface area contributed by atoms with E-state index >= 15 is 0 Å². The molecule has 0 amide bonds. The number of methoxy groups -OCH3 is 2. The lowest BCUT2D eigenvalue weighted by molar-refractivity contribution is -0.259. The molecular weight excluding hydrogens is 796 g/mol. The van der Waals surface area contributed by atoms with Gasteiger partial charge in [-0.15, -0.1) is 46.4 Å². The van der Waals surface area contributed by atoms with Crippen LogP contribution in [-0.4, -0.2) is 92.3 Å². The van der Waals surface area contributed by atoms with Crippen molar-refractivity contribution in [1.29, 1.82) is 0 Å². The molecule has 0 bridgehead atoms. The van der Waals surface area contributed by atoms with Crippen LogP contribution in [0.3, 0.4) is 0 Å². The maximum Gasteiger partial charge on any atom is 0.340 e. The Morgan fingerprint density at radius 3 is 1.52 bits per heavy atom. The highest BCUT2D eigenvalue weighted by Gasteiger charge is 2.54. The number of fused-ring (bicyclic) bond motifs is 1. The van der Waals surface area contributed by atoms with Crippen LogP contribution in [0.4, 0.5) is 0 Å². The van der Waals surface area contributed by atoms with Gasteiger partial charge in [-0.2, -0.15) is 0 Å². The lowest BCUT2D eigenvalue weighted by atomic mass is 9.78. The number of nitrogens with zero attached hydrogens (tertiary/aromatic N) is 2. The van der Waals surface area contributed by atoms with Crippen molar-refractivity contribution < 1.29 is 37.1 Å². The summed E-state index contributed by atoms with van der Waals surface area (Å²) in [6.45, 7) is 0.369. The van der Waals surface area contributed by atoms with Gasteiger partial charge in [-0.3, -0.25) is 9.13 Å². The average Bonchev–Trinajstić information content (AvgIpc) is 3.14. The van der Waals surface area contributed by atoms with Crippen LogP contribution in [0.25, 0.3) is 0 Å². The summed E-state index contributed by atoms with van der Waals surface area (Å²) >= 11 is 23.9. The van der Waals surface area contributed by atoms with Gasteiger partial charge in [0.05, 0.1) is 27.4 Å². The molecule has 0 saturated carbocycles. The number of ether oxygens (including phenoxy) is 4. The lowest BCUT2D eigenvalue weighted by Crippen LogP contribution is -2.53. The number of rotatable bonds is 22. The van der Waals surface area contributed by atoms with E-state index in [9.17, 15) is 9.13 Å². The van der Waals surface area contributed by atoms with Gasteiger partial charge < -0.3 is 28.0 Å². The minimum atomic E-state index is -3.87. The van der Waals surface area contributed by atoms with Crippen LogP contribution < -0.4 is 25.2 Å². The zero-order chi connectivity index (χ0) is 37.8. The molecule has 18 heteroatoms. The molecule has 3 aromatic rings. The van der Waals surface area contributed by atoms with Crippen molar-refractivity contribution in [3.05, 3.63) is 89.5 Å². The molecule has 0 radical (unpaired) electrons. The SMILES string of the molecule is COc1cc(OC)c2c(c1)C(c1ccccc1)(c1ccccc1)OC(CCOP(N)(=O)N(CCCl)CCCl)(CCOP(N)(=O)N(CCCl)CCCl)O2. The predicted octanol–water partition coefficient (Wildman–Crippen LogP) is 7.61. The third kappa shape index (κ3) is 10.2. The van der Waals surface area contributed by atoms with E-state index < -0.39 is 26.7 Å². The molecule has 0 aromatic heterocycles. The molecule has 2 atom stereocenters. The number of halogens is 4. The van der Waals surface area contributed by atoms with Crippen molar-refractivity contribution in [3.8, 4) is 17.2 Å². The number of hydrogen-bond acceptors (Lipinski definition) is 8. The Hall–Kier alpha value is -1.60. The molecule has 0 saturated heterocycles. The molecular formula is C34H46Cl4N4O8P2. The molecule has 0 aliphatic carbocycles. The number of hydrogen-bond donors (Lipinski definition) is 2. The van der Waals surface area contributed by atoms with Crippen molar-refractivity contribution in [1.82, 2.24) is 9.34 Å². The summed E-state index contributed by atoms with van der Waals surface area (Å²) in [5, 5.41) is 0. The summed E-state index contributed by atoms with van der Waals surface area (Å²) in [5.74, 6) is 0.248. The standard InChI is InChI=1S/C34H46Cl4N4O8P2/c1-45-29-25-30-32(31(26-29)46-2)49-33(13-23-47-51(39,43)41(19-15-35)20-16-36,14-24-48-52(40,44)42(21-17-37)22-18-38)50-34(30,27-9-5-3-6-10-27)28-11-7-4-8-12-28/h3-12,25-26H,13-24H2,1-2H3,(H2,39,43)(H2,40,44). The van der Waals surface area contributed by atoms with Gasteiger partial charge in [0.25, 0.3) is 0 Å². The van der Waals surface area contributed by atoms with Crippen LogP contribution >= 0.6 is 61.7 Å². The van der Waals surface area contributed by atoms with Crippen LogP contribution in [0.1, 0.15) is 29.5 Å². The van der Waals surface area contributed by atoms with Crippen LogP contribution in [0.5, 0.6) is 17.2 Å². The first-order valence-electron chi connectivity index (χ1n) is 16.5. The highest BCUT2D eigenvalue weighted by Crippen LogP contribution is 2.57. The summed E-state index contributed by atoms with van der Waals surface area (Å²) in [5.41, 5.74) is 13.3. The quantitative estimate of drug-likeness (QED) is 0.0758. The van der Waals surface area contributed by atoms with Crippen molar-refractivity contribution in [2.45, 2.75) is 24.2 Å². The summed E-state index contributed by atoms with van der Waals surface area (Å²) in [4.78, 5) is 0. The Bertz CT molecular complexity index is 1570. The largest absolute Gasteiger partial charge is 0.497 e. The van der Waals surface area contributed by atoms with Gasteiger partial charge in [-0.25, -0.2) is 20.3 Å². The van der Waals surface area contributed by atoms with Gasteiger partial charge in [-0.05, 0) is 17.2 Å².